The quantitative estimate of drug-likeness (QED) is 0.459. The Kier molecular flexibility index (Phi) is 5.60. The number of aromatic nitrogens is 6. The summed E-state index contributed by atoms with van der Waals surface area (Å²) in [5, 5.41) is 11.9. The molecule has 2 aromatic carbocycles. The largest absolute Gasteiger partial charge is 0.489 e. The lowest BCUT2D eigenvalue weighted by atomic mass is 10.1. The van der Waals surface area contributed by atoms with Gasteiger partial charge in [0.25, 0.3) is 6.43 Å². The van der Waals surface area contributed by atoms with Crippen LogP contribution < -0.4 is 10.4 Å². The Morgan fingerprint density at radius 3 is 2.41 bits per heavy atom. The molecule has 0 N–H and O–H groups in total. The van der Waals surface area contributed by atoms with Crippen molar-refractivity contribution < 1.29 is 13.5 Å². The summed E-state index contributed by atoms with van der Waals surface area (Å²) >= 11 is 0. The van der Waals surface area contributed by atoms with Gasteiger partial charge >= 0.3 is 5.69 Å². The fraction of sp³-hybridized carbons (Fsp3) is 0.273. The van der Waals surface area contributed by atoms with E-state index in [4.69, 9.17) is 4.74 Å². The normalized spacial score (nSPS) is 11.3. The smallest absolute Gasteiger partial charge is 0.368 e. The number of hydrogen-bond acceptors (Lipinski definition) is 5. The molecule has 0 atom stereocenters. The summed E-state index contributed by atoms with van der Waals surface area (Å²) in [7, 11) is 3.03. The van der Waals surface area contributed by atoms with Crippen LogP contribution in [0.4, 0.5) is 8.78 Å². The number of nitrogens with zero attached hydrogens (tertiary/aromatic N) is 6. The number of alkyl halides is 2. The maximum Gasteiger partial charge on any atom is 0.368 e. The van der Waals surface area contributed by atoms with E-state index in [0.29, 0.717) is 17.1 Å². The summed E-state index contributed by atoms with van der Waals surface area (Å²) in [6.45, 7) is 4.02. The predicted molar refractivity (Wildman–Crippen MR) is 114 cm³/mol. The van der Waals surface area contributed by atoms with E-state index in [2.05, 4.69) is 15.5 Å². The lowest BCUT2D eigenvalue weighted by Gasteiger charge is -2.14. The van der Waals surface area contributed by atoms with E-state index in [1.54, 1.807) is 18.2 Å². The van der Waals surface area contributed by atoms with Gasteiger partial charge in [-0.2, -0.15) is 14.5 Å². The van der Waals surface area contributed by atoms with Crippen molar-refractivity contribution in [2.45, 2.75) is 26.9 Å². The van der Waals surface area contributed by atoms with E-state index in [1.165, 1.54) is 29.5 Å². The predicted octanol–water partition coefficient (Wildman–Crippen LogP) is 3.50. The molecule has 0 unspecified atom stereocenters. The minimum Gasteiger partial charge on any atom is -0.489 e. The maximum absolute atomic E-state index is 13.1. The second kappa shape index (κ2) is 8.37. The molecule has 2 aromatic heterocycles. The Balaban J connectivity index is 1.60. The van der Waals surface area contributed by atoms with Crippen molar-refractivity contribution in [3.05, 3.63) is 75.3 Å². The zero-order valence-corrected chi connectivity index (χ0v) is 18.1. The van der Waals surface area contributed by atoms with Gasteiger partial charge in [0, 0.05) is 25.2 Å². The highest BCUT2D eigenvalue weighted by molar-refractivity contribution is 5.62. The van der Waals surface area contributed by atoms with Crippen molar-refractivity contribution in [1.82, 2.24) is 29.6 Å². The molecule has 0 saturated carbocycles. The molecule has 166 valence electrons. The van der Waals surface area contributed by atoms with E-state index >= 15 is 0 Å². The van der Waals surface area contributed by atoms with Crippen LogP contribution in [0.15, 0.2) is 47.3 Å². The zero-order valence-electron chi connectivity index (χ0n) is 18.1. The average molecular weight is 440 g/mol. The molecule has 0 amide bonds. The third kappa shape index (κ3) is 3.91. The molecule has 0 saturated heterocycles. The van der Waals surface area contributed by atoms with Crippen LogP contribution in [0, 0.1) is 13.8 Å². The Morgan fingerprint density at radius 2 is 1.78 bits per heavy atom. The van der Waals surface area contributed by atoms with Crippen LogP contribution in [0.2, 0.25) is 0 Å². The molecular formula is C22H22F2N6O2. The molecule has 10 heteroatoms. The number of tetrazole rings is 1. The molecule has 0 radical (unpaired) electrons. The van der Waals surface area contributed by atoms with Gasteiger partial charge in [0.1, 0.15) is 18.1 Å². The highest BCUT2D eigenvalue weighted by atomic mass is 19.3. The van der Waals surface area contributed by atoms with Crippen molar-refractivity contribution in [1.29, 1.82) is 0 Å². The Bertz CT molecular complexity index is 1340. The number of aryl methyl sites for hydroxylation is 4. The van der Waals surface area contributed by atoms with Gasteiger partial charge < -0.3 is 4.74 Å². The van der Waals surface area contributed by atoms with Gasteiger partial charge in [0.2, 0.25) is 0 Å². The summed E-state index contributed by atoms with van der Waals surface area (Å²) in [6, 6.07) is 12.4. The summed E-state index contributed by atoms with van der Waals surface area (Å²) < 4.78 is 35.8. The van der Waals surface area contributed by atoms with Crippen LogP contribution in [-0.4, -0.2) is 29.6 Å². The van der Waals surface area contributed by atoms with Crippen molar-refractivity contribution in [3.63, 3.8) is 0 Å². The van der Waals surface area contributed by atoms with Gasteiger partial charge in [-0.05, 0) is 65.7 Å². The monoisotopic (exact) mass is 440 g/mol. The van der Waals surface area contributed by atoms with E-state index in [-0.39, 0.29) is 18.0 Å². The van der Waals surface area contributed by atoms with Crippen molar-refractivity contribution in [2.24, 2.45) is 14.1 Å². The summed E-state index contributed by atoms with van der Waals surface area (Å²) in [6.07, 6.45) is -2.59. The third-order valence-corrected chi connectivity index (χ3v) is 5.32. The number of rotatable bonds is 6. The van der Waals surface area contributed by atoms with Crippen molar-refractivity contribution >= 4 is 0 Å². The summed E-state index contributed by atoms with van der Waals surface area (Å²) in [5.74, 6) is 0.638. The molecule has 0 aliphatic carbocycles. The first-order valence-electron chi connectivity index (χ1n) is 9.90. The standard InChI is InChI=1S/C22H22F2N6O2/c1-13-6-5-7-18(30-22(31)29(4)26-27-30)16(13)12-32-20-9-8-15(10-14(20)2)17-11-19(21(23)24)28(3)25-17/h5-11,21H,12H2,1-4H3. The number of hydrogen-bond donors (Lipinski definition) is 0. The molecule has 0 bridgehead atoms. The van der Waals surface area contributed by atoms with E-state index in [1.807, 2.05) is 32.0 Å². The van der Waals surface area contributed by atoms with Gasteiger partial charge in [0.15, 0.2) is 0 Å². The van der Waals surface area contributed by atoms with Crippen LogP contribution >= 0.6 is 0 Å². The Hall–Kier alpha value is -3.82. The fourth-order valence-corrected chi connectivity index (χ4v) is 3.49. The van der Waals surface area contributed by atoms with E-state index < -0.39 is 6.43 Å². The van der Waals surface area contributed by atoms with Crippen molar-refractivity contribution in [3.8, 4) is 22.7 Å². The Labute approximate surface area is 182 Å². The molecule has 0 fully saturated rings. The topological polar surface area (TPSA) is 79.8 Å². The molecule has 0 aliphatic heterocycles. The first-order chi connectivity index (χ1) is 15.3. The second-order valence-corrected chi connectivity index (χ2v) is 7.52. The molecule has 0 spiro atoms. The molecule has 4 rings (SSSR count). The maximum atomic E-state index is 13.1. The molecule has 32 heavy (non-hydrogen) atoms. The first-order valence-corrected chi connectivity index (χ1v) is 9.90. The number of halogens is 2. The highest BCUT2D eigenvalue weighted by Gasteiger charge is 2.17. The molecular weight excluding hydrogens is 418 g/mol. The van der Waals surface area contributed by atoms with Crippen molar-refractivity contribution in [2.75, 3.05) is 0 Å². The minimum atomic E-state index is -2.59. The van der Waals surface area contributed by atoms with Gasteiger partial charge in [-0.25, -0.2) is 13.6 Å². The molecule has 2 heterocycles. The van der Waals surface area contributed by atoms with E-state index in [0.717, 1.165) is 26.9 Å². The van der Waals surface area contributed by atoms with Gasteiger partial charge in [-0.1, -0.05) is 12.1 Å². The first kappa shape index (κ1) is 21.4. The molecule has 0 aliphatic rings. The lowest BCUT2D eigenvalue weighted by Crippen LogP contribution is -2.23. The zero-order chi connectivity index (χ0) is 23.0. The SMILES string of the molecule is Cc1cc(-c2cc(C(F)F)n(C)n2)ccc1OCc1c(C)cccc1-n1nnn(C)c1=O. The summed E-state index contributed by atoms with van der Waals surface area (Å²) in [4.78, 5) is 12.3. The van der Waals surface area contributed by atoms with Crippen LogP contribution in [0.5, 0.6) is 5.75 Å². The van der Waals surface area contributed by atoms with Gasteiger partial charge in [-0.3, -0.25) is 4.68 Å². The lowest BCUT2D eigenvalue weighted by molar-refractivity contribution is 0.141. The minimum absolute atomic E-state index is 0.135. The van der Waals surface area contributed by atoms with E-state index in [9.17, 15) is 13.6 Å². The van der Waals surface area contributed by atoms with Crippen LogP contribution in [0.25, 0.3) is 16.9 Å². The molecule has 8 nitrogen and oxygen atoms in total. The van der Waals surface area contributed by atoms with Crippen LogP contribution in [-0.2, 0) is 20.7 Å². The highest BCUT2D eigenvalue weighted by Crippen LogP contribution is 2.29. The fourth-order valence-electron chi connectivity index (χ4n) is 3.49. The number of benzene rings is 2. The second-order valence-electron chi connectivity index (χ2n) is 7.52. The average Bonchev–Trinajstić information content (AvgIpc) is 3.30. The molecule has 4 aromatic rings. The van der Waals surface area contributed by atoms with Crippen LogP contribution in [0.3, 0.4) is 0 Å². The van der Waals surface area contributed by atoms with Gasteiger partial charge in [-0.15, -0.1) is 0 Å². The van der Waals surface area contributed by atoms with Gasteiger partial charge in [0.05, 0.1) is 11.4 Å². The number of ether oxygens (including phenoxy) is 1. The third-order valence-electron chi connectivity index (χ3n) is 5.32. The summed E-state index contributed by atoms with van der Waals surface area (Å²) in [5.41, 5.74) is 3.90. The Morgan fingerprint density at radius 1 is 1.00 bits per heavy atom. The van der Waals surface area contributed by atoms with Crippen LogP contribution in [0.1, 0.15) is 28.8 Å².